The van der Waals surface area contributed by atoms with Crippen molar-refractivity contribution in [3.63, 3.8) is 0 Å². The number of aliphatic imine (C=N–C) groups is 2. The van der Waals surface area contributed by atoms with Crippen LogP contribution in [0.25, 0.3) is 5.57 Å². The van der Waals surface area contributed by atoms with Gasteiger partial charge in [-0.25, -0.2) is 24.2 Å². The van der Waals surface area contributed by atoms with Crippen LogP contribution in [-0.2, 0) is 35.1 Å². The van der Waals surface area contributed by atoms with Crippen molar-refractivity contribution >= 4 is 65.2 Å². The normalized spacial score (nSPS) is 19.9. The molecule has 3 aliphatic carbocycles. The molecule has 4 aliphatic rings. The van der Waals surface area contributed by atoms with Gasteiger partial charge < -0.3 is 39.8 Å². The van der Waals surface area contributed by atoms with Crippen LogP contribution in [0, 0.1) is 17.3 Å². The molecule has 1 aromatic carbocycles. The maximum atomic E-state index is 13.6. The summed E-state index contributed by atoms with van der Waals surface area (Å²) in [5, 5.41) is 13.9. The predicted octanol–water partition coefficient (Wildman–Crippen LogP) is 7.28. The molecule has 0 radical (unpaired) electrons. The molecule has 20 heteroatoms. The van der Waals surface area contributed by atoms with Crippen LogP contribution in [0.2, 0.25) is 0 Å². The van der Waals surface area contributed by atoms with Crippen LogP contribution in [0.3, 0.4) is 0 Å². The Hall–Kier alpha value is -6.60. The van der Waals surface area contributed by atoms with Gasteiger partial charge in [-0.1, -0.05) is 18.2 Å². The van der Waals surface area contributed by atoms with Crippen LogP contribution >= 0.6 is 0 Å². The number of benzene rings is 1. The van der Waals surface area contributed by atoms with Crippen molar-refractivity contribution in [3.05, 3.63) is 54.0 Å². The highest BCUT2D eigenvalue weighted by molar-refractivity contribution is 6.01. The van der Waals surface area contributed by atoms with Gasteiger partial charge in [-0.15, -0.1) is 9.98 Å². The monoisotopic (exact) mass is 916 g/mol. The van der Waals surface area contributed by atoms with Crippen LogP contribution in [0.5, 0.6) is 0 Å². The Morgan fingerprint density at radius 3 is 1.82 bits per heavy atom. The van der Waals surface area contributed by atoms with Crippen molar-refractivity contribution in [2.24, 2.45) is 27.2 Å². The Balaban J connectivity index is 1.13. The van der Waals surface area contributed by atoms with Crippen molar-refractivity contribution in [3.8, 4) is 0 Å². The molecule has 3 fully saturated rings. The van der Waals surface area contributed by atoms with Gasteiger partial charge in [-0.05, 0) is 138 Å². The van der Waals surface area contributed by atoms with Crippen molar-refractivity contribution in [2.75, 3.05) is 23.7 Å². The van der Waals surface area contributed by atoms with Crippen LogP contribution < -0.4 is 26.6 Å². The molecule has 1 aromatic heterocycles. The number of fused-ring (bicyclic) bond motifs is 1. The predicted molar refractivity (Wildman–Crippen MR) is 246 cm³/mol. The number of alkyl carbamates (subject to hydrolysis) is 2. The molecule has 0 spiro atoms. The Labute approximate surface area is 385 Å². The quantitative estimate of drug-likeness (QED) is 0.104. The molecule has 1 aliphatic heterocycles. The lowest BCUT2D eigenvalue weighted by Gasteiger charge is -2.36. The minimum absolute atomic E-state index is 0.00180. The number of hydrogen-bond donors (Lipinski definition) is 5. The molecule has 2 heterocycles. The van der Waals surface area contributed by atoms with E-state index < -0.39 is 52.2 Å². The minimum Gasteiger partial charge on any atom is -0.444 e. The molecule has 3 saturated carbocycles. The zero-order chi connectivity index (χ0) is 48.8. The first-order valence-electron chi connectivity index (χ1n) is 21.9. The summed E-state index contributed by atoms with van der Waals surface area (Å²) in [5.41, 5.74) is -0.957. The lowest BCUT2D eigenvalue weighted by Crippen LogP contribution is -2.48. The largest absolute Gasteiger partial charge is 0.444 e. The Kier molecular flexibility index (Phi) is 15.2. The molecule has 5 N–H and O–H groups in total. The number of nitrogens with one attached hydrogen (secondary N) is 5. The van der Waals surface area contributed by atoms with Gasteiger partial charge in [0.15, 0.2) is 5.82 Å². The molecule has 66 heavy (non-hydrogen) atoms. The number of carbonyl (C=O) groups excluding carboxylic acids is 6. The molecular formula is C46H64N10O10. The van der Waals surface area contributed by atoms with E-state index in [0.29, 0.717) is 50.2 Å². The number of aromatic nitrogens is 2. The van der Waals surface area contributed by atoms with Crippen molar-refractivity contribution < 1.29 is 47.7 Å². The van der Waals surface area contributed by atoms with Crippen LogP contribution in [-0.4, -0.2) is 98.5 Å². The fourth-order valence-electron chi connectivity index (χ4n) is 7.43. The van der Waals surface area contributed by atoms with Gasteiger partial charge in [0.25, 0.3) is 0 Å². The molecule has 1 unspecified atom stereocenters. The molecule has 1 atom stereocenters. The first-order valence-corrected chi connectivity index (χ1v) is 21.9. The standard InChI is InChI=1S/C46H64N10O10/c1-42(2,3)63-38(59)52-36(53-39(60)64-43(4,5)6)49-24-27-13-15-30(16-14-27)50-35(58)46-21-29(22-46)31(23-46)34(57)51-33-26-47-32(25-48-33)28-17-19-56(20-18-28)37(54-40(61)65-44(7,8)9)55-41(62)66-45(10,11)12/h13-17,25-26,29,31H,18-24H2,1-12H3,(H,50,58)(H,48,51,57)(H,54,55,61,62)(H2,49,52,53,59,60). The van der Waals surface area contributed by atoms with Gasteiger partial charge in [-0.3, -0.25) is 25.2 Å². The number of guanidine groups is 2. The zero-order valence-corrected chi connectivity index (χ0v) is 40.0. The van der Waals surface area contributed by atoms with E-state index in [9.17, 15) is 28.8 Å². The molecule has 0 saturated heterocycles. The van der Waals surface area contributed by atoms with Gasteiger partial charge in [0, 0.05) is 31.2 Å². The van der Waals surface area contributed by atoms with Crippen molar-refractivity contribution in [1.82, 2.24) is 30.8 Å². The van der Waals surface area contributed by atoms with Crippen LogP contribution in [0.15, 0.2) is 52.7 Å². The summed E-state index contributed by atoms with van der Waals surface area (Å²) in [6.45, 7) is 21.4. The molecule has 20 nitrogen and oxygen atoms in total. The maximum Gasteiger partial charge on any atom is 0.437 e. The molecule has 6 rings (SSSR count). The number of rotatable bonds is 7. The third-order valence-electron chi connectivity index (χ3n) is 10.1. The fourth-order valence-corrected chi connectivity index (χ4v) is 7.43. The van der Waals surface area contributed by atoms with Gasteiger partial charge >= 0.3 is 24.4 Å². The minimum atomic E-state index is -0.895. The molecule has 6 amide bonds. The zero-order valence-electron chi connectivity index (χ0n) is 40.0. The topological polar surface area (TPSA) is 253 Å². The maximum absolute atomic E-state index is 13.6. The second-order valence-corrected chi connectivity index (χ2v) is 20.6. The number of carbonyl (C=O) groups is 6. The number of anilines is 2. The number of hydrogen-bond acceptors (Lipinski definition) is 12. The van der Waals surface area contributed by atoms with E-state index in [1.54, 1.807) is 118 Å². The Morgan fingerprint density at radius 2 is 1.29 bits per heavy atom. The average Bonchev–Trinajstić information content (AvgIpc) is 3.74. The smallest absolute Gasteiger partial charge is 0.437 e. The number of nitrogens with zero attached hydrogens (tertiary/aromatic N) is 5. The lowest BCUT2D eigenvalue weighted by molar-refractivity contribution is -0.129. The van der Waals surface area contributed by atoms with Crippen LogP contribution in [0.4, 0.5) is 30.7 Å². The van der Waals surface area contributed by atoms with Gasteiger partial charge in [0.1, 0.15) is 22.4 Å². The van der Waals surface area contributed by atoms with E-state index in [4.69, 9.17) is 18.9 Å². The fraction of sp³-hybridized carbons (Fsp3) is 0.565. The summed E-state index contributed by atoms with van der Waals surface area (Å²) in [6, 6.07) is 7.06. The lowest BCUT2D eigenvalue weighted by atomic mass is 9.68. The van der Waals surface area contributed by atoms with Gasteiger partial charge in [0.2, 0.25) is 23.7 Å². The average molecular weight is 917 g/mol. The summed E-state index contributed by atoms with van der Waals surface area (Å²) in [6.07, 6.45) is 3.73. The molecule has 2 bridgehead atoms. The summed E-state index contributed by atoms with van der Waals surface area (Å²) in [4.78, 5) is 95.7. The summed E-state index contributed by atoms with van der Waals surface area (Å²) in [7, 11) is 0. The molecular weight excluding hydrogens is 853 g/mol. The van der Waals surface area contributed by atoms with E-state index in [1.807, 2.05) is 6.08 Å². The summed E-state index contributed by atoms with van der Waals surface area (Å²) < 4.78 is 21.3. The third kappa shape index (κ3) is 15.3. The van der Waals surface area contributed by atoms with Crippen LogP contribution in [0.1, 0.15) is 120 Å². The Bertz CT molecular complexity index is 2240. The number of ether oxygens (including phenoxy) is 4. The van der Waals surface area contributed by atoms with E-state index in [2.05, 4.69) is 46.5 Å². The van der Waals surface area contributed by atoms with Crippen molar-refractivity contribution in [2.45, 2.75) is 138 Å². The molecule has 358 valence electrons. The van der Waals surface area contributed by atoms with Crippen molar-refractivity contribution in [1.29, 1.82) is 0 Å². The van der Waals surface area contributed by atoms with E-state index in [0.717, 1.165) is 11.1 Å². The van der Waals surface area contributed by atoms with Gasteiger partial charge in [0.05, 0.1) is 23.5 Å². The Morgan fingerprint density at radius 1 is 0.712 bits per heavy atom. The third-order valence-corrected chi connectivity index (χ3v) is 10.1. The second-order valence-electron chi connectivity index (χ2n) is 20.6. The highest BCUT2D eigenvalue weighted by atomic mass is 16.6. The SMILES string of the molecule is CC(C)(C)OC(=O)/N=C(/NCc1ccc(NC(=O)C23CC(C2)C(C(=O)Nc2cnc(C4=CCN(/C(=N\C(=O)OC(C)(C)C)NC(=O)OC(C)(C)C)CC4)cn2)C3)cc1)NC(=O)OC(C)(C)C. The highest BCUT2D eigenvalue weighted by Crippen LogP contribution is 2.62. The van der Waals surface area contributed by atoms with E-state index in [1.165, 1.54) is 6.20 Å². The number of amides is 6. The first-order chi connectivity index (χ1) is 30.5. The molecule has 2 aromatic rings. The highest BCUT2D eigenvalue weighted by Gasteiger charge is 2.62. The summed E-state index contributed by atoms with van der Waals surface area (Å²) >= 11 is 0. The van der Waals surface area contributed by atoms with E-state index in [-0.39, 0.29) is 47.9 Å². The van der Waals surface area contributed by atoms with Gasteiger partial charge in [-0.2, -0.15) is 0 Å². The van der Waals surface area contributed by atoms with E-state index >= 15 is 0 Å². The second kappa shape index (κ2) is 19.9. The first kappa shape index (κ1) is 50.4. The summed E-state index contributed by atoms with van der Waals surface area (Å²) in [5.74, 6) is -0.542.